The lowest BCUT2D eigenvalue weighted by Gasteiger charge is -2.39. The van der Waals surface area contributed by atoms with Crippen molar-refractivity contribution in [3.05, 3.63) is 33.3 Å². The molecule has 1 fully saturated rings. The third-order valence-electron chi connectivity index (χ3n) is 4.57. The zero-order chi connectivity index (χ0) is 15.9. The highest BCUT2D eigenvalue weighted by Gasteiger charge is 2.35. The average molecular weight is 343 g/mol. The number of fused-ring (bicyclic) bond motifs is 1. The number of hydrogen-bond acceptors (Lipinski definition) is 3. The summed E-state index contributed by atoms with van der Waals surface area (Å²) >= 11 is 12.4. The Labute approximate surface area is 140 Å². The normalized spacial score (nSPS) is 28.4. The van der Waals surface area contributed by atoms with Gasteiger partial charge < -0.3 is 15.4 Å². The number of nitrogens with zero attached hydrogens (tertiary/aromatic N) is 1. The van der Waals surface area contributed by atoms with Crippen LogP contribution in [0, 0.1) is 0 Å². The molecule has 3 rings (SSSR count). The summed E-state index contributed by atoms with van der Waals surface area (Å²) in [6.45, 7) is 3.20. The second kappa shape index (κ2) is 6.36. The minimum atomic E-state index is -0.432. The Kier molecular flexibility index (Phi) is 4.64. The van der Waals surface area contributed by atoms with Crippen LogP contribution < -0.4 is 5.73 Å². The highest BCUT2D eigenvalue weighted by atomic mass is 35.5. The lowest BCUT2D eigenvalue weighted by molar-refractivity contribution is -0.149. The molecule has 4 nitrogen and oxygen atoms in total. The molecule has 1 amide bonds. The Morgan fingerprint density at radius 1 is 1.41 bits per heavy atom. The van der Waals surface area contributed by atoms with Gasteiger partial charge in [-0.2, -0.15) is 0 Å². The lowest BCUT2D eigenvalue weighted by Crippen LogP contribution is -2.49. The molecule has 0 aliphatic carbocycles. The minimum Gasteiger partial charge on any atom is -0.368 e. The van der Waals surface area contributed by atoms with E-state index in [0.29, 0.717) is 29.6 Å². The molecule has 1 saturated heterocycles. The van der Waals surface area contributed by atoms with Gasteiger partial charge in [-0.05, 0) is 49.4 Å². The van der Waals surface area contributed by atoms with Crippen molar-refractivity contribution in [3.8, 4) is 0 Å². The molecule has 2 aliphatic heterocycles. The highest BCUT2D eigenvalue weighted by molar-refractivity contribution is 6.35. The molecule has 6 heteroatoms. The van der Waals surface area contributed by atoms with Crippen LogP contribution in [0.2, 0.25) is 10.0 Å². The van der Waals surface area contributed by atoms with E-state index < -0.39 is 6.10 Å². The van der Waals surface area contributed by atoms with Crippen molar-refractivity contribution < 1.29 is 9.53 Å². The number of halogens is 2. The van der Waals surface area contributed by atoms with Crippen LogP contribution in [-0.4, -0.2) is 36.1 Å². The van der Waals surface area contributed by atoms with Gasteiger partial charge in [-0.1, -0.05) is 23.2 Å². The average Bonchev–Trinajstić information content (AvgIpc) is 2.46. The van der Waals surface area contributed by atoms with Gasteiger partial charge >= 0.3 is 0 Å². The molecule has 0 bridgehead atoms. The van der Waals surface area contributed by atoms with E-state index in [9.17, 15) is 4.79 Å². The molecule has 0 saturated carbocycles. The summed E-state index contributed by atoms with van der Waals surface area (Å²) in [6.07, 6.45) is 1.72. The van der Waals surface area contributed by atoms with Crippen LogP contribution in [0.4, 0.5) is 0 Å². The fourth-order valence-electron chi connectivity index (χ4n) is 3.38. The van der Waals surface area contributed by atoms with Crippen molar-refractivity contribution in [1.82, 2.24) is 4.90 Å². The second-order valence-electron chi connectivity index (χ2n) is 6.06. The predicted molar refractivity (Wildman–Crippen MR) is 87.2 cm³/mol. The first-order valence-corrected chi connectivity index (χ1v) is 8.38. The van der Waals surface area contributed by atoms with E-state index in [1.54, 1.807) is 6.07 Å². The van der Waals surface area contributed by atoms with Crippen molar-refractivity contribution in [2.45, 2.75) is 44.4 Å². The first-order valence-electron chi connectivity index (χ1n) is 7.63. The van der Waals surface area contributed by atoms with E-state index in [4.69, 9.17) is 33.7 Å². The van der Waals surface area contributed by atoms with E-state index in [2.05, 4.69) is 0 Å². The number of carbonyl (C=O) groups excluding carboxylic acids is 1. The summed E-state index contributed by atoms with van der Waals surface area (Å²) in [6, 6.07) is 3.63. The number of amides is 1. The van der Waals surface area contributed by atoms with Gasteiger partial charge in [0.25, 0.3) is 5.91 Å². The van der Waals surface area contributed by atoms with E-state index >= 15 is 0 Å². The van der Waals surface area contributed by atoms with Crippen molar-refractivity contribution in [1.29, 1.82) is 0 Å². The van der Waals surface area contributed by atoms with Crippen LogP contribution in [0.1, 0.15) is 36.9 Å². The smallest absolute Gasteiger partial charge is 0.252 e. The van der Waals surface area contributed by atoms with E-state index in [1.807, 2.05) is 17.9 Å². The van der Waals surface area contributed by atoms with E-state index in [-0.39, 0.29) is 18.0 Å². The van der Waals surface area contributed by atoms with Crippen LogP contribution >= 0.6 is 23.2 Å². The maximum atomic E-state index is 12.8. The number of carbonyl (C=O) groups is 1. The molecule has 0 spiro atoms. The first-order chi connectivity index (χ1) is 10.5. The van der Waals surface area contributed by atoms with Gasteiger partial charge in [0.1, 0.15) is 6.10 Å². The fraction of sp³-hybridized carbons (Fsp3) is 0.562. The molecule has 1 aromatic carbocycles. The first kappa shape index (κ1) is 16.1. The highest BCUT2D eigenvalue weighted by Crippen LogP contribution is 2.37. The molecule has 2 heterocycles. The third kappa shape index (κ3) is 2.98. The standard InChI is InChI=1S/C16H20Cl2N2O2/c1-9-15-10(6-11(17)7-13(15)18)2-4-20(9)16(21)14-8-12(19)3-5-22-14/h6-7,9,12,14H,2-5,8,19H2,1H3/t9-,12?,14?/m0/s1. The van der Waals surface area contributed by atoms with Crippen molar-refractivity contribution in [2.75, 3.05) is 13.2 Å². The molecule has 0 radical (unpaired) electrons. The number of benzene rings is 1. The summed E-state index contributed by atoms with van der Waals surface area (Å²) < 4.78 is 5.62. The third-order valence-corrected chi connectivity index (χ3v) is 5.10. The molecule has 120 valence electrons. The monoisotopic (exact) mass is 342 g/mol. The second-order valence-corrected chi connectivity index (χ2v) is 6.91. The molecule has 22 heavy (non-hydrogen) atoms. The van der Waals surface area contributed by atoms with Crippen LogP contribution in [-0.2, 0) is 16.0 Å². The topological polar surface area (TPSA) is 55.6 Å². The predicted octanol–water partition coefficient (Wildman–Crippen LogP) is 2.95. The van der Waals surface area contributed by atoms with E-state index in [0.717, 1.165) is 24.0 Å². The molecule has 2 N–H and O–H groups in total. The zero-order valence-electron chi connectivity index (χ0n) is 12.5. The molecule has 1 aromatic rings. The fourth-order valence-corrected chi connectivity index (χ4v) is 4.08. The van der Waals surface area contributed by atoms with Gasteiger partial charge in [0.2, 0.25) is 0 Å². The zero-order valence-corrected chi connectivity index (χ0v) is 14.0. The quantitative estimate of drug-likeness (QED) is 0.853. The largest absolute Gasteiger partial charge is 0.368 e. The van der Waals surface area contributed by atoms with Crippen molar-refractivity contribution >= 4 is 29.1 Å². The SMILES string of the molecule is C[C@H]1c2c(Cl)cc(Cl)cc2CCN1C(=O)C1CC(N)CCO1. The Morgan fingerprint density at radius 3 is 2.91 bits per heavy atom. The number of nitrogens with two attached hydrogens (primary N) is 1. The van der Waals surface area contributed by atoms with Crippen LogP contribution in [0.25, 0.3) is 0 Å². The number of hydrogen-bond donors (Lipinski definition) is 1. The molecule has 2 aliphatic rings. The summed E-state index contributed by atoms with van der Waals surface area (Å²) in [5.74, 6) is 0.0133. The van der Waals surface area contributed by atoms with Gasteiger partial charge in [0.05, 0.1) is 6.04 Å². The summed E-state index contributed by atoms with van der Waals surface area (Å²) in [5.41, 5.74) is 8.07. The lowest BCUT2D eigenvalue weighted by atomic mass is 9.92. The van der Waals surface area contributed by atoms with Crippen molar-refractivity contribution in [3.63, 3.8) is 0 Å². The van der Waals surface area contributed by atoms with Crippen LogP contribution in [0.3, 0.4) is 0 Å². The molecule has 0 aromatic heterocycles. The van der Waals surface area contributed by atoms with Gasteiger partial charge in [0.15, 0.2) is 0 Å². The Balaban J connectivity index is 1.83. The van der Waals surface area contributed by atoms with Gasteiger partial charge in [-0.25, -0.2) is 0 Å². The van der Waals surface area contributed by atoms with Gasteiger partial charge in [-0.3, -0.25) is 4.79 Å². The maximum absolute atomic E-state index is 12.8. The molecular formula is C16H20Cl2N2O2. The van der Waals surface area contributed by atoms with Gasteiger partial charge in [-0.15, -0.1) is 0 Å². The summed E-state index contributed by atoms with van der Waals surface area (Å²) in [5, 5.41) is 1.26. The molecule has 2 unspecified atom stereocenters. The number of ether oxygens (including phenoxy) is 1. The molecular weight excluding hydrogens is 323 g/mol. The maximum Gasteiger partial charge on any atom is 0.252 e. The van der Waals surface area contributed by atoms with Crippen LogP contribution in [0.5, 0.6) is 0 Å². The summed E-state index contributed by atoms with van der Waals surface area (Å²) in [4.78, 5) is 14.6. The van der Waals surface area contributed by atoms with Crippen molar-refractivity contribution in [2.24, 2.45) is 5.73 Å². The van der Waals surface area contributed by atoms with Crippen LogP contribution in [0.15, 0.2) is 12.1 Å². The molecule has 3 atom stereocenters. The summed E-state index contributed by atoms with van der Waals surface area (Å²) in [7, 11) is 0. The van der Waals surface area contributed by atoms with Gasteiger partial charge in [0, 0.05) is 29.2 Å². The Bertz CT molecular complexity index is 594. The Hall–Kier alpha value is -0.810. The number of rotatable bonds is 1. The minimum absolute atomic E-state index is 0.0133. The Morgan fingerprint density at radius 2 is 2.18 bits per heavy atom. The van der Waals surface area contributed by atoms with E-state index in [1.165, 1.54) is 0 Å².